The highest BCUT2D eigenvalue weighted by Crippen LogP contribution is 2.27. The molecule has 2 aliphatic rings. The molecule has 3 rings (SSSR count). The van der Waals surface area contributed by atoms with Crippen LogP contribution in [0.5, 0.6) is 0 Å². The fourth-order valence-corrected chi connectivity index (χ4v) is 4.34. The number of rotatable bonds is 2. The number of sulfonamides is 1. The lowest BCUT2D eigenvalue weighted by Crippen LogP contribution is -2.32. The van der Waals surface area contributed by atoms with E-state index in [2.05, 4.69) is 9.88 Å². The molecule has 0 spiro atoms. The standard InChI is InChI=1S/C13H19N3O3S/c1-15-5-6-19-13-10-16(9-11(13)8-15)20(17,18)12-3-2-4-14-7-12/h2-4,7,11,13H,5-6,8-10H2,1H3/t11-,13-/m0/s1. The highest BCUT2D eigenvalue weighted by Gasteiger charge is 2.41. The number of hydrogen-bond acceptors (Lipinski definition) is 5. The summed E-state index contributed by atoms with van der Waals surface area (Å²) in [5.74, 6) is 0.244. The maximum Gasteiger partial charge on any atom is 0.244 e. The van der Waals surface area contributed by atoms with E-state index in [1.54, 1.807) is 18.3 Å². The third kappa shape index (κ3) is 2.58. The molecule has 0 N–H and O–H groups in total. The van der Waals surface area contributed by atoms with E-state index in [1.807, 2.05) is 7.05 Å². The summed E-state index contributed by atoms with van der Waals surface area (Å²) in [5.41, 5.74) is 0. The van der Waals surface area contributed by atoms with Gasteiger partial charge in [0, 0.05) is 44.5 Å². The SMILES string of the molecule is CN1CCO[C@H]2CN(S(=O)(=O)c3cccnc3)C[C@@H]2C1. The smallest absolute Gasteiger partial charge is 0.244 e. The van der Waals surface area contributed by atoms with Crippen molar-refractivity contribution in [2.24, 2.45) is 5.92 Å². The fourth-order valence-electron chi connectivity index (χ4n) is 2.86. The zero-order chi connectivity index (χ0) is 14.2. The lowest BCUT2D eigenvalue weighted by atomic mass is 10.1. The van der Waals surface area contributed by atoms with Crippen LogP contribution in [-0.4, -0.2) is 68.5 Å². The predicted octanol–water partition coefficient (Wildman–Crippen LogP) is 0.0327. The topological polar surface area (TPSA) is 62.7 Å². The summed E-state index contributed by atoms with van der Waals surface area (Å²) < 4.78 is 32.4. The van der Waals surface area contributed by atoms with Crippen molar-refractivity contribution in [1.82, 2.24) is 14.2 Å². The molecule has 7 heteroatoms. The van der Waals surface area contributed by atoms with E-state index in [-0.39, 0.29) is 16.9 Å². The van der Waals surface area contributed by atoms with Gasteiger partial charge in [-0.05, 0) is 19.2 Å². The van der Waals surface area contributed by atoms with Gasteiger partial charge in [0.15, 0.2) is 0 Å². The molecule has 0 aliphatic carbocycles. The van der Waals surface area contributed by atoms with Gasteiger partial charge in [-0.3, -0.25) is 4.98 Å². The van der Waals surface area contributed by atoms with Crippen molar-refractivity contribution in [3.05, 3.63) is 24.5 Å². The Morgan fingerprint density at radius 1 is 1.35 bits per heavy atom. The van der Waals surface area contributed by atoms with Gasteiger partial charge < -0.3 is 9.64 Å². The van der Waals surface area contributed by atoms with E-state index in [0.717, 1.165) is 13.1 Å². The molecular formula is C13H19N3O3S. The Morgan fingerprint density at radius 3 is 2.95 bits per heavy atom. The average molecular weight is 297 g/mol. The number of aromatic nitrogens is 1. The van der Waals surface area contributed by atoms with Crippen LogP contribution in [0.2, 0.25) is 0 Å². The highest BCUT2D eigenvalue weighted by atomic mass is 32.2. The van der Waals surface area contributed by atoms with Crippen molar-refractivity contribution >= 4 is 10.0 Å². The second kappa shape index (κ2) is 5.40. The molecule has 110 valence electrons. The Labute approximate surface area is 119 Å². The number of pyridine rings is 1. The zero-order valence-corrected chi connectivity index (χ0v) is 12.3. The van der Waals surface area contributed by atoms with Gasteiger partial charge in [-0.2, -0.15) is 4.31 Å². The summed E-state index contributed by atoms with van der Waals surface area (Å²) in [6.07, 6.45) is 2.98. The minimum Gasteiger partial charge on any atom is -0.375 e. The Morgan fingerprint density at radius 2 is 2.20 bits per heavy atom. The molecule has 2 fully saturated rings. The summed E-state index contributed by atoms with van der Waals surface area (Å²) in [4.78, 5) is 6.35. The predicted molar refractivity (Wildman–Crippen MR) is 73.7 cm³/mol. The fraction of sp³-hybridized carbons (Fsp3) is 0.615. The van der Waals surface area contributed by atoms with Gasteiger partial charge in [-0.25, -0.2) is 8.42 Å². The van der Waals surface area contributed by atoms with Crippen molar-refractivity contribution in [3.63, 3.8) is 0 Å². The molecule has 0 amide bonds. The third-order valence-electron chi connectivity index (χ3n) is 3.97. The second-order valence-corrected chi connectivity index (χ2v) is 7.38. The van der Waals surface area contributed by atoms with Crippen LogP contribution in [0.3, 0.4) is 0 Å². The molecule has 2 aliphatic heterocycles. The molecule has 1 aromatic rings. The monoisotopic (exact) mass is 297 g/mol. The van der Waals surface area contributed by atoms with E-state index in [9.17, 15) is 8.42 Å². The number of likely N-dealkylation sites (N-methyl/N-ethyl adjacent to an activating group) is 1. The van der Waals surface area contributed by atoms with Crippen LogP contribution in [0.25, 0.3) is 0 Å². The summed E-state index contributed by atoms with van der Waals surface area (Å²) in [6, 6.07) is 3.23. The second-order valence-electron chi connectivity index (χ2n) is 5.44. The van der Waals surface area contributed by atoms with Crippen molar-refractivity contribution in [3.8, 4) is 0 Å². The Balaban J connectivity index is 1.80. The lowest BCUT2D eigenvalue weighted by molar-refractivity contribution is 0.0550. The summed E-state index contributed by atoms with van der Waals surface area (Å²) in [6.45, 7) is 3.41. The third-order valence-corrected chi connectivity index (χ3v) is 5.79. The first-order chi connectivity index (χ1) is 9.57. The largest absolute Gasteiger partial charge is 0.375 e. The van der Waals surface area contributed by atoms with Gasteiger partial charge in [0.25, 0.3) is 0 Å². The first-order valence-electron chi connectivity index (χ1n) is 6.78. The number of fused-ring (bicyclic) bond motifs is 1. The maximum atomic E-state index is 12.6. The van der Waals surface area contributed by atoms with Crippen LogP contribution in [0.4, 0.5) is 0 Å². The van der Waals surface area contributed by atoms with Crippen LogP contribution >= 0.6 is 0 Å². The molecule has 0 unspecified atom stereocenters. The Kier molecular flexibility index (Phi) is 3.76. The molecule has 2 saturated heterocycles. The lowest BCUT2D eigenvalue weighted by Gasteiger charge is -2.19. The first-order valence-corrected chi connectivity index (χ1v) is 8.22. The van der Waals surface area contributed by atoms with E-state index >= 15 is 0 Å². The quantitative estimate of drug-likeness (QED) is 0.771. The van der Waals surface area contributed by atoms with Gasteiger partial charge in [0.05, 0.1) is 12.7 Å². The molecule has 0 aromatic carbocycles. The highest BCUT2D eigenvalue weighted by molar-refractivity contribution is 7.89. The first kappa shape index (κ1) is 13.9. The molecule has 3 heterocycles. The van der Waals surface area contributed by atoms with Crippen molar-refractivity contribution in [2.45, 2.75) is 11.0 Å². The summed E-state index contributed by atoms with van der Waals surface area (Å²) in [5, 5.41) is 0. The molecule has 0 saturated carbocycles. The normalized spacial score (nSPS) is 29.1. The maximum absolute atomic E-state index is 12.6. The molecule has 0 bridgehead atoms. The summed E-state index contributed by atoms with van der Waals surface area (Å²) >= 11 is 0. The van der Waals surface area contributed by atoms with Crippen LogP contribution in [0.1, 0.15) is 0 Å². The van der Waals surface area contributed by atoms with Crippen LogP contribution in [0, 0.1) is 5.92 Å². The zero-order valence-electron chi connectivity index (χ0n) is 11.5. The van der Waals surface area contributed by atoms with Crippen LogP contribution < -0.4 is 0 Å². The number of hydrogen-bond donors (Lipinski definition) is 0. The molecule has 1 aromatic heterocycles. The van der Waals surface area contributed by atoms with E-state index < -0.39 is 10.0 Å². The average Bonchev–Trinajstić information content (AvgIpc) is 2.76. The number of ether oxygens (including phenoxy) is 1. The molecule has 0 radical (unpaired) electrons. The molecule has 20 heavy (non-hydrogen) atoms. The van der Waals surface area contributed by atoms with Gasteiger partial charge in [0.1, 0.15) is 4.90 Å². The minimum absolute atomic E-state index is 0.00592. The Bertz CT molecular complexity index is 563. The van der Waals surface area contributed by atoms with E-state index in [4.69, 9.17) is 4.74 Å². The van der Waals surface area contributed by atoms with Crippen molar-refractivity contribution in [2.75, 3.05) is 39.8 Å². The number of nitrogens with zero attached hydrogens (tertiary/aromatic N) is 3. The van der Waals surface area contributed by atoms with E-state index in [1.165, 1.54) is 10.5 Å². The van der Waals surface area contributed by atoms with Gasteiger partial charge in [-0.1, -0.05) is 0 Å². The Hall–Kier alpha value is -1.02. The minimum atomic E-state index is -3.45. The van der Waals surface area contributed by atoms with Crippen LogP contribution in [-0.2, 0) is 14.8 Å². The van der Waals surface area contributed by atoms with Gasteiger partial charge >= 0.3 is 0 Å². The molecule has 2 atom stereocenters. The molecule has 6 nitrogen and oxygen atoms in total. The van der Waals surface area contributed by atoms with Crippen molar-refractivity contribution < 1.29 is 13.2 Å². The summed E-state index contributed by atoms with van der Waals surface area (Å²) in [7, 11) is -1.41. The van der Waals surface area contributed by atoms with Crippen molar-refractivity contribution in [1.29, 1.82) is 0 Å². The van der Waals surface area contributed by atoms with Gasteiger partial charge in [0.2, 0.25) is 10.0 Å². The van der Waals surface area contributed by atoms with Crippen LogP contribution in [0.15, 0.2) is 29.4 Å². The molecular weight excluding hydrogens is 278 g/mol. The van der Waals surface area contributed by atoms with E-state index in [0.29, 0.717) is 19.7 Å². The van der Waals surface area contributed by atoms with Gasteiger partial charge in [-0.15, -0.1) is 0 Å².